The van der Waals surface area contributed by atoms with Gasteiger partial charge in [-0.2, -0.15) is 0 Å². The number of hydrogen-bond acceptors (Lipinski definition) is 3. The topological polar surface area (TPSA) is 87.7 Å². The molecule has 1 fully saturated rings. The van der Waals surface area contributed by atoms with Gasteiger partial charge in [-0.3, -0.25) is 0 Å². The van der Waals surface area contributed by atoms with Crippen LogP contribution >= 0.6 is 0 Å². The van der Waals surface area contributed by atoms with Crippen LogP contribution in [-0.2, 0) is 4.74 Å². The summed E-state index contributed by atoms with van der Waals surface area (Å²) < 4.78 is 5.38. The lowest BCUT2D eigenvalue weighted by Gasteiger charge is -2.10. The number of carboxylic acids is 1. The molecule has 0 spiro atoms. The van der Waals surface area contributed by atoms with Gasteiger partial charge in [0.25, 0.3) is 0 Å². The van der Waals surface area contributed by atoms with Crippen molar-refractivity contribution in [2.45, 2.75) is 12.8 Å². The van der Waals surface area contributed by atoms with Crippen molar-refractivity contribution in [1.82, 2.24) is 5.32 Å². The molecule has 0 bridgehead atoms. The molecule has 6 heteroatoms. The summed E-state index contributed by atoms with van der Waals surface area (Å²) in [5, 5.41) is 14.1. The number of nitrogens with one attached hydrogen (secondary N) is 2. The van der Waals surface area contributed by atoms with Crippen LogP contribution in [0, 0.1) is 5.92 Å². The third-order valence-corrected chi connectivity index (χ3v) is 2.99. The van der Waals surface area contributed by atoms with Gasteiger partial charge in [0.05, 0.1) is 17.9 Å². The number of carboxylic acid groups (broad SMARTS) is 1. The first kappa shape index (κ1) is 14.3. The molecule has 0 heterocycles. The molecule has 0 radical (unpaired) electrons. The summed E-state index contributed by atoms with van der Waals surface area (Å²) in [5.74, 6) is -0.375. The number of hydrogen-bond donors (Lipinski definition) is 3. The van der Waals surface area contributed by atoms with Crippen LogP contribution in [0.5, 0.6) is 0 Å². The van der Waals surface area contributed by atoms with Crippen molar-refractivity contribution < 1.29 is 19.4 Å². The third-order valence-electron chi connectivity index (χ3n) is 2.99. The molecule has 0 atom stereocenters. The molecule has 0 aliphatic heterocycles. The summed E-state index contributed by atoms with van der Waals surface area (Å²) in [4.78, 5) is 22.6. The molecule has 2 amide bonds. The second-order valence-electron chi connectivity index (χ2n) is 4.75. The van der Waals surface area contributed by atoms with E-state index < -0.39 is 12.0 Å². The van der Waals surface area contributed by atoms with Crippen LogP contribution < -0.4 is 10.6 Å². The fourth-order valence-electron chi connectivity index (χ4n) is 1.72. The molecular formula is C14H18N2O4. The number of para-hydroxylation sites is 1. The first-order valence-electron chi connectivity index (χ1n) is 6.61. The highest BCUT2D eigenvalue weighted by Crippen LogP contribution is 2.28. The second kappa shape index (κ2) is 6.91. The zero-order valence-corrected chi connectivity index (χ0v) is 11.1. The van der Waals surface area contributed by atoms with Crippen molar-refractivity contribution in [1.29, 1.82) is 0 Å². The summed E-state index contributed by atoms with van der Waals surface area (Å²) in [6.07, 6.45) is 2.47. The molecule has 20 heavy (non-hydrogen) atoms. The Kier molecular flexibility index (Phi) is 4.95. The normalized spacial score (nSPS) is 13.8. The summed E-state index contributed by atoms with van der Waals surface area (Å²) in [6.45, 7) is 1.61. The van der Waals surface area contributed by atoms with E-state index in [4.69, 9.17) is 9.84 Å². The number of carbonyl (C=O) groups is 2. The molecule has 0 saturated heterocycles. The van der Waals surface area contributed by atoms with Gasteiger partial charge in [0.1, 0.15) is 0 Å². The first-order chi connectivity index (χ1) is 9.66. The van der Waals surface area contributed by atoms with Gasteiger partial charge >= 0.3 is 12.0 Å². The Morgan fingerprint density at radius 1 is 1.30 bits per heavy atom. The predicted molar refractivity (Wildman–Crippen MR) is 74.0 cm³/mol. The number of rotatable bonds is 7. The van der Waals surface area contributed by atoms with Crippen molar-refractivity contribution in [3.8, 4) is 0 Å². The van der Waals surface area contributed by atoms with Gasteiger partial charge in [0.15, 0.2) is 0 Å². The smallest absolute Gasteiger partial charge is 0.337 e. The zero-order valence-electron chi connectivity index (χ0n) is 11.1. The van der Waals surface area contributed by atoms with Crippen LogP contribution in [0.2, 0.25) is 0 Å². The minimum absolute atomic E-state index is 0.0626. The second-order valence-corrected chi connectivity index (χ2v) is 4.75. The summed E-state index contributed by atoms with van der Waals surface area (Å²) in [5.41, 5.74) is 0.337. The molecular weight excluding hydrogens is 260 g/mol. The van der Waals surface area contributed by atoms with Crippen LogP contribution in [0.4, 0.5) is 10.5 Å². The number of amides is 2. The number of carbonyl (C=O) groups excluding carboxylic acids is 1. The summed E-state index contributed by atoms with van der Waals surface area (Å²) in [6, 6.07) is 5.83. The molecule has 2 rings (SSSR count). The van der Waals surface area contributed by atoms with Gasteiger partial charge in [0, 0.05) is 13.2 Å². The van der Waals surface area contributed by atoms with Gasteiger partial charge < -0.3 is 20.5 Å². The Labute approximate surface area is 117 Å². The lowest BCUT2D eigenvalue weighted by Crippen LogP contribution is -2.32. The van der Waals surface area contributed by atoms with E-state index >= 15 is 0 Å². The third kappa shape index (κ3) is 4.55. The SMILES string of the molecule is O=C(NCCOCC1CC1)Nc1ccccc1C(=O)O. The Morgan fingerprint density at radius 3 is 2.75 bits per heavy atom. The van der Waals surface area contributed by atoms with E-state index in [9.17, 15) is 9.59 Å². The molecule has 1 aliphatic carbocycles. The molecule has 0 aromatic heterocycles. The van der Waals surface area contributed by atoms with Gasteiger partial charge in [0.2, 0.25) is 0 Å². The molecule has 1 aromatic carbocycles. The van der Waals surface area contributed by atoms with Crippen molar-refractivity contribution in [2.75, 3.05) is 25.1 Å². The van der Waals surface area contributed by atoms with Gasteiger partial charge in [-0.25, -0.2) is 9.59 Å². The predicted octanol–water partition coefficient (Wildman–Crippen LogP) is 1.93. The molecule has 1 aromatic rings. The maximum Gasteiger partial charge on any atom is 0.337 e. The fourth-order valence-corrected chi connectivity index (χ4v) is 1.72. The number of benzene rings is 1. The van der Waals surface area contributed by atoms with E-state index in [1.807, 2.05) is 0 Å². The number of anilines is 1. The molecule has 1 aliphatic rings. The minimum Gasteiger partial charge on any atom is -0.478 e. The van der Waals surface area contributed by atoms with E-state index in [0.717, 1.165) is 6.61 Å². The summed E-state index contributed by atoms with van der Waals surface area (Å²) >= 11 is 0. The zero-order chi connectivity index (χ0) is 14.4. The van der Waals surface area contributed by atoms with Crippen molar-refractivity contribution >= 4 is 17.7 Å². The molecule has 1 saturated carbocycles. The van der Waals surface area contributed by atoms with Crippen molar-refractivity contribution in [2.24, 2.45) is 5.92 Å². The maximum atomic E-state index is 11.6. The lowest BCUT2D eigenvalue weighted by molar-refractivity contribution is 0.0698. The molecule has 6 nitrogen and oxygen atoms in total. The van der Waals surface area contributed by atoms with E-state index in [0.29, 0.717) is 19.1 Å². The monoisotopic (exact) mass is 278 g/mol. The number of aromatic carboxylic acids is 1. The van der Waals surface area contributed by atoms with E-state index in [-0.39, 0.29) is 11.3 Å². The van der Waals surface area contributed by atoms with Crippen LogP contribution in [0.15, 0.2) is 24.3 Å². The Hall–Kier alpha value is -2.08. The Bertz CT molecular complexity index is 486. The quantitative estimate of drug-likeness (QED) is 0.665. The Morgan fingerprint density at radius 2 is 2.05 bits per heavy atom. The van der Waals surface area contributed by atoms with Gasteiger partial charge in [-0.15, -0.1) is 0 Å². The largest absolute Gasteiger partial charge is 0.478 e. The average Bonchev–Trinajstić information content (AvgIpc) is 3.23. The fraction of sp³-hybridized carbons (Fsp3) is 0.429. The lowest BCUT2D eigenvalue weighted by atomic mass is 10.2. The van der Waals surface area contributed by atoms with Crippen LogP contribution in [-0.4, -0.2) is 36.9 Å². The highest BCUT2D eigenvalue weighted by molar-refractivity contribution is 5.99. The van der Waals surface area contributed by atoms with E-state index in [1.165, 1.54) is 18.9 Å². The Balaban J connectivity index is 1.71. The van der Waals surface area contributed by atoms with E-state index in [2.05, 4.69) is 10.6 Å². The molecule has 3 N–H and O–H groups in total. The van der Waals surface area contributed by atoms with Crippen LogP contribution in [0.25, 0.3) is 0 Å². The highest BCUT2D eigenvalue weighted by Gasteiger charge is 2.20. The molecule has 0 unspecified atom stereocenters. The maximum absolute atomic E-state index is 11.6. The first-order valence-corrected chi connectivity index (χ1v) is 6.61. The van der Waals surface area contributed by atoms with Crippen LogP contribution in [0.1, 0.15) is 23.2 Å². The standard InChI is InChI=1S/C14H18N2O4/c17-13(18)11-3-1-2-4-12(11)16-14(19)15-7-8-20-9-10-5-6-10/h1-4,10H,5-9H2,(H,17,18)(H2,15,16,19). The minimum atomic E-state index is -1.08. The highest BCUT2D eigenvalue weighted by atomic mass is 16.5. The average molecular weight is 278 g/mol. The van der Waals surface area contributed by atoms with Gasteiger partial charge in [-0.1, -0.05) is 12.1 Å². The number of urea groups is 1. The number of ether oxygens (including phenoxy) is 1. The van der Waals surface area contributed by atoms with Gasteiger partial charge in [-0.05, 0) is 30.9 Å². The molecule has 108 valence electrons. The van der Waals surface area contributed by atoms with Crippen LogP contribution in [0.3, 0.4) is 0 Å². The van der Waals surface area contributed by atoms with Crippen molar-refractivity contribution in [3.05, 3.63) is 29.8 Å². The summed E-state index contributed by atoms with van der Waals surface area (Å²) in [7, 11) is 0. The van der Waals surface area contributed by atoms with E-state index in [1.54, 1.807) is 18.2 Å². The van der Waals surface area contributed by atoms with Crippen molar-refractivity contribution in [3.63, 3.8) is 0 Å².